The number of nitrogens with one attached hydrogen (secondary N) is 2. The second-order valence-electron chi connectivity index (χ2n) is 7.99. The molecule has 0 atom stereocenters. The van der Waals surface area contributed by atoms with Gasteiger partial charge in [-0.1, -0.05) is 36.4 Å². The Hall–Kier alpha value is -4.13. The van der Waals surface area contributed by atoms with Crippen molar-refractivity contribution in [3.8, 4) is 0 Å². The molecule has 0 radical (unpaired) electrons. The molecule has 0 unspecified atom stereocenters. The van der Waals surface area contributed by atoms with Gasteiger partial charge in [0.25, 0.3) is 0 Å². The van der Waals surface area contributed by atoms with E-state index < -0.39 is 0 Å². The number of benzene rings is 2. The molecule has 2 aromatic carbocycles. The van der Waals surface area contributed by atoms with Gasteiger partial charge in [-0.3, -0.25) is 9.79 Å². The van der Waals surface area contributed by atoms with E-state index in [0.29, 0.717) is 18.3 Å². The number of nitrogens with zero attached hydrogens (tertiary/aromatic N) is 4. The third-order valence-electron chi connectivity index (χ3n) is 5.36. The summed E-state index contributed by atoms with van der Waals surface area (Å²) in [5, 5.41) is 6.70. The van der Waals surface area contributed by atoms with Crippen LogP contribution in [0.4, 0.5) is 23.1 Å². The number of aryl methyl sites for hydroxylation is 3. The van der Waals surface area contributed by atoms with Gasteiger partial charge in [0, 0.05) is 41.3 Å². The van der Waals surface area contributed by atoms with Gasteiger partial charge in [0.2, 0.25) is 5.95 Å². The summed E-state index contributed by atoms with van der Waals surface area (Å²) in [6.45, 7) is 10.2. The van der Waals surface area contributed by atoms with Crippen LogP contribution >= 0.6 is 0 Å². The fourth-order valence-electron chi connectivity index (χ4n) is 3.48. The Morgan fingerprint density at radius 3 is 2.67 bits per heavy atom. The minimum Gasteiger partial charge on any atom is -0.340 e. The minimum atomic E-state index is -0.0306. The standard InChI is InChI=1S/C26H26N6O/c1-5-21(33)13-20-12-16(2)6-9-22(20)30-24-18(4)15-29-26(32-24)31-23-14-19(8-7-17(23)3)25-27-10-11-28-25/h5-10,12,14-15H,1,11,13H2,2-4H3,(H2,29,30,31,32). The summed E-state index contributed by atoms with van der Waals surface area (Å²) in [5.41, 5.74) is 6.60. The summed E-state index contributed by atoms with van der Waals surface area (Å²) in [5.74, 6) is 1.83. The van der Waals surface area contributed by atoms with Crippen molar-refractivity contribution in [2.24, 2.45) is 9.98 Å². The van der Waals surface area contributed by atoms with Gasteiger partial charge in [-0.05, 0) is 50.1 Å². The first-order valence-electron chi connectivity index (χ1n) is 10.7. The Morgan fingerprint density at radius 2 is 1.91 bits per heavy atom. The van der Waals surface area contributed by atoms with Gasteiger partial charge in [-0.25, -0.2) is 9.98 Å². The molecule has 2 N–H and O–H groups in total. The van der Waals surface area contributed by atoms with E-state index in [9.17, 15) is 4.79 Å². The summed E-state index contributed by atoms with van der Waals surface area (Å²) in [7, 11) is 0. The Morgan fingerprint density at radius 1 is 1.06 bits per heavy atom. The normalized spacial score (nSPS) is 12.4. The highest BCUT2D eigenvalue weighted by Gasteiger charge is 2.12. The third-order valence-corrected chi connectivity index (χ3v) is 5.36. The second-order valence-corrected chi connectivity index (χ2v) is 7.99. The van der Waals surface area contributed by atoms with Crippen molar-refractivity contribution in [1.82, 2.24) is 9.97 Å². The zero-order chi connectivity index (χ0) is 23.4. The first-order chi connectivity index (χ1) is 15.9. The van der Waals surface area contributed by atoms with Gasteiger partial charge in [0.05, 0.1) is 6.54 Å². The topological polar surface area (TPSA) is 91.6 Å². The molecule has 33 heavy (non-hydrogen) atoms. The van der Waals surface area contributed by atoms with Crippen LogP contribution in [0.5, 0.6) is 0 Å². The van der Waals surface area contributed by atoms with E-state index in [1.807, 2.05) is 57.2 Å². The van der Waals surface area contributed by atoms with Crippen molar-refractivity contribution in [2.75, 3.05) is 17.2 Å². The van der Waals surface area contributed by atoms with Crippen LogP contribution in [-0.2, 0) is 11.2 Å². The van der Waals surface area contributed by atoms with Gasteiger partial charge in [0.15, 0.2) is 11.6 Å². The van der Waals surface area contributed by atoms with Crippen LogP contribution in [0.2, 0.25) is 0 Å². The minimum absolute atomic E-state index is 0.0306. The summed E-state index contributed by atoms with van der Waals surface area (Å²) in [4.78, 5) is 29.8. The highest BCUT2D eigenvalue weighted by molar-refractivity contribution is 6.06. The Labute approximate surface area is 193 Å². The van der Waals surface area contributed by atoms with E-state index in [1.54, 1.807) is 12.4 Å². The highest BCUT2D eigenvalue weighted by Crippen LogP contribution is 2.26. The molecule has 0 bridgehead atoms. The first kappa shape index (κ1) is 22.1. The lowest BCUT2D eigenvalue weighted by Crippen LogP contribution is -2.07. The average molecular weight is 439 g/mol. The highest BCUT2D eigenvalue weighted by atomic mass is 16.1. The van der Waals surface area contributed by atoms with Gasteiger partial charge in [-0.2, -0.15) is 4.98 Å². The molecule has 0 aliphatic carbocycles. The Balaban J connectivity index is 1.61. The molecule has 1 aliphatic rings. The number of hydrogen-bond donors (Lipinski definition) is 2. The van der Waals surface area contributed by atoms with Crippen LogP contribution in [0, 0.1) is 20.8 Å². The van der Waals surface area contributed by atoms with E-state index in [0.717, 1.165) is 45.0 Å². The molecule has 1 aliphatic heterocycles. The molecule has 0 amide bonds. The number of carbonyl (C=O) groups is 1. The summed E-state index contributed by atoms with van der Waals surface area (Å²) in [6, 6.07) is 12.0. The predicted octanol–water partition coefficient (Wildman–Crippen LogP) is 5.02. The number of carbonyl (C=O) groups excluding carboxylic acids is 1. The smallest absolute Gasteiger partial charge is 0.229 e. The SMILES string of the molecule is C=CC(=O)Cc1cc(C)ccc1Nc1nc(Nc2cc(C3=NCC=N3)ccc2C)ncc1C. The largest absolute Gasteiger partial charge is 0.340 e. The third kappa shape index (κ3) is 5.20. The molecule has 7 nitrogen and oxygen atoms in total. The van der Waals surface area contributed by atoms with Gasteiger partial charge < -0.3 is 10.6 Å². The van der Waals surface area contributed by atoms with Crippen LogP contribution in [0.3, 0.4) is 0 Å². The average Bonchev–Trinajstić information content (AvgIpc) is 3.34. The maximum Gasteiger partial charge on any atom is 0.229 e. The lowest BCUT2D eigenvalue weighted by molar-refractivity contribution is -0.114. The second kappa shape index (κ2) is 9.56. The van der Waals surface area contributed by atoms with E-state index >= 15 is 0 Å². The summed E-state index contributed by atoms with van der Waals surface area (Å²) >= 11 is 0. The Kier molecular flexibility index (Phi) is 6.40. The molecule has 2 heterocycles. The molecule has 4 rings (SSSR count). The molecule has 1 aromatic heterocycles. The van der Waals surface area contributed by atoms with Crippen molar-refractivity contribution in [2.45, 2.75) is 27.2 Å². The fourth-order valence-corrected chi connectivity index (χ4v) is 3.48. The van der Waals surface area contributed by atoms with E-state index in [-0.39, 0.29) is 12.2 Å². The molecule has 0 spiro atoms. The van der Waals surface area contributed by atoms with Crippen LogP contribution in [-0.4, -0.2) is 34.3 Å². The summed E-state index contributed by atoms with van der Waals surface area (Å²) < 4.78 is 0. The molecule has 166 valence electrons. The zero-order valence-electron chi connectivity index (χ0n) is 19.0. The van der Waals surface area contributed by atoms with Crippen molar-refractivity contribution in [3.05, 3.63) is 83.1 Å². The van der Waals surface area contributed by atoms with Crippen molar-refractivity contribution >= 4 is 41.0 Å². The van der Waals surface area contributed by atoms with Crippen molar-refractivity contribution in [3.63, 3.8) is 0 Å². The van der Waals surface area contributed by atoms with Crippen LogP contribution in [0.1, 0.15) is 27.8 Å². The summed E-state index contributed by atoms with van der Waals surface area (Å²) in [6.07, 6.45) is 5.19. The number of allylic oxidation sites excluding steroid dienone is 1. The molecule has 0 saturated heterocycles. The maximum atomic E-state index is 12.0. The monoisotopic (exact) mass is 438 g/mol. The van der Waals surface area contributed by atoms with E-state index in [2.05, 4.69) is 32.2 Å². The quantitative estimate of drug-likeness (QED) is 0.482. The predicted molar refractivity (Wildman–Crippen MR) is 134 cm³/mol. The molecule has 7 heteroatoms. The van der Waals surface area contributed by atoms with Gasteiger partial charge in [-0.15, -0.1) is 0 Å². The van der Waals surface area contributed by atoms with Crippen LogP contribution in [0.25, 0.3) is 0 Å². The number of aromatic nitrogens is 2. The Bertz CT molecular complexity index is 1290. The molecule has 3 aromatic rings. The van der Waals surface area contributed by atoms with E-state index in [1.165, 1.54) is 6.08 Å². The number of amidine groups is 1. The first-order valence-corrected chi connectivity index (χ1v) is 10.7. The van der Waals surface area contributed by atoms with Crippen LogP contribution in [0.15, 0.2) is 65.2 Å². The number of aliphatic imine (C=N–C) groups is 2. The number of hydrogen-bond acceptors (Lipinski definition) is 7. The zero-order valence-corrected chi connectivity index (χ0v) is 19.0. The van der Waals surface area contributed by atoms with Crippen molar-refractivity contribution < 1.29 is 4.79 Å². The van der Waals surface area contributed by atoms with Crippen LogP contribution < -0.4 is 10.6 Å². The molecule has 0 fully saturated rings. The van der Waals surface area contributed by atoms with Gasteiger partial charge in [0.1, 0.15) is 5.82 Å². The fraction of sp³-hybridized carbons (Fsp3) is 0.192. The number of ketones is 1. The molecular formula is C26H26N6O. The molecule has 0 saturated carbocycles. The van der Waals surface area contributed by atoms with Crippen molar-refractivity contribution in [1.29, 1.82) is 0 Å². The van der Waals surface area contributed by atoms with E-state index in [4.69, 9.17) is 4.98 Å². The lowest BCUT2D eigenvalue weighted by Gasteiger charge is -2.15. The maximum absolute atomic E-state index is 12.0. The number of rotatable bonds is 8. The lowest BCUT2D eigenvalue weighted by atomic mass is 10.0. The van der Waals surface area contributed by atoms with Gasteiger partial charge >= 0.3 is 0 Å². The molecular weight excluding hydrogens is 412 g/mol. The number of anilines is 4.